The van der Waals surface area contributed by atoms with Gasteiger partial charge in [0.1, 0.15) is 0 Å². The van der Waals surface area contributed by atoms with Crippen LogP contribution in [-0.2, 0) is 10.0 Å². The van der Waals surface area contributed by atoms with Gasteiger partial charge in [-0.25, -0.2) is 0 Å². The smallest absolute Gasteiger partial charge is 0.217 e. The Kier molecular flexibility index (Phi) is 3.41. The van der Waals surface area contributed by atoms with E-state index in [-0.39, 0.29) is 29.4 Å². The zero-order valence-electron chi connectivity index (χ0n) is 10.2. The second-order valence-electron chi connectivity index (χ2n) is 5.38. The van der Waals surface area contributed by atoms with E-state index in [1.807, 2.05) is 27.7 Å². The summed E-state index contributed by atoms with van der Waals surface area (Å²) in [7, 11) is 0. The van der Waals surface area contributed by atoms with Crippen molar-refractivity contribution in [1.29, 1.82) is 0 Å². The molecule has 15 heavy (non-hydrogen) atoms. The Morgan fingerprint density at radius 1 is 1.47 bits per heavy atom. The van der Waals surface area contributed by atoms with Crippen LogP contribution >= 0.6 is 0 Å². The molecule has 0 aromatic carbocycles. The second kappa shape index (κ2) is 4.10. The van der Waals surface area contributed by atoms with E-state index in [4.69, 9.17) is 0 Å². The molecule has 1 radical (unpaired) electrons. The number of carbonyl (C=O) groups excluding carboxylic acids is 1. The quantitative estimate of drug-likeness (QED) is 0.752. The summed E-state index contributed by atoms with van der Waals surface area (Å²) in [6, 6.07) is -0.126. The van der Waals surface area contributed by atoms with Crippen molar-refractivity contribution in [2.45, 2.75) is 58.7 Å². The van der Waals surface area contributed by atoms with Gasteiger partial charge in [-0.05, 0) is 26.2 Å². The number of nitrogens with zero attached hydrogens (tertiary/aromatic N) is 1. The van der Waals surface area contributed by atoms with Crippen molar-refractivity contribution in [2.24, 2.45) is 5.92 Å². The third-order valence-corrected chi connectivity index (χ3v) is 3.07. The third kappa shape index (κ3) is 2.49. The minimum atomic E-state index is -0.373. The second-order valence-corrected chi connectivity index (χ2v) is 5.38. The molecule has 87 valence electrons. The molecule has 1 aliphatic rings. The van der Waals surface area contributed by atoms with Crippen LogP contribution in [0.1, 0.15) is 41.0 Å². The van der Waals surface area contributed by atoms with Gasteiger partial charge in [-0.3, -0.25) is 4.79 Å². The molecular weight excluding hydrogens is 192 g/mol. The highest BCUT2D eigenvalue weighted by atomic mass is 16.5. The van der Waals surface area contributed by atoms with Crippen LogP contribution in [0.15, 0.2) is 0 Å². The van der Waals surface area contributed by atoms with E-state index in [2.05, 4.69) is 5.32 Å². The molecule has 0 aromatic heterocycles. The molecule has 0 aromatic rings. The number of amides is 1. The van der Waals surface area contributed by atoms with Crippen LogP contribution in [0, 0.1) is 5.92 Å². The van der Waals surface area contributed by atoms with Crippen molar-refractivity contribution in [2.75, 3.05) is 0 Å². The molecule has 4 heteroatoms. The van der Waals surface area contributed by atoms with Gasteiger partial charge in [0.05, 0.1) is 6.04 Å². The van der Waals surface area contributed by atoms with Crippen LogP contribution in [0.2, 0.25) is 0 Å². The summed E-state index contributed by atoms with van der Waals surface area (Å²) in [6.07, 6.45) is 0.721. The summed E-state index contributed by atoms with van der Waals surface area (Å²) < 4.78 is 0. The molecule has 1 heterocycles. The maximum Gasteiger partial charge on any atom is 0.217 e. The highest BCUT2D eigenvalue weighted by Gasteiger charge is 2.48. The number of hydroxylamine groups is 2. The van der Waals surface area contributed by atoms with E-state index < -0.39 is 0 Å². The van der Waals surface area contributed by atoms with E-state index in [1.54, 1.807) is 0 Å². The minimum Gasteiger partial charge on any atom is -0.352 e. The van der Waals surface area contributed by atoms with Gasteiger partial charge >= 0.3 is 0 Å². The van der Waals surface area contributed by atoms with E-state index in [0.717, 1.165) is 11.5 Å². The Labute approximate surface area is 91.6 Å². The summed E-state index contributed by atoms with van der Waals surface area (Å²) in [6.45, 7) is 9.39. The average Bonchev–Trinajstić information content (AvgIpc) is 2.20. The van der Waals surface area contributed by atoms with Gasteiger partial charge in [-0.2, -0.15) is 0 Å². The van der Waals surface area contributed by atoms with Crippen molar-refractivity contribution in [3.05, 3.63) is 0 Å². The van der Waals surface area contributed by atoms with Gasteiger partial charge < -0.3 is 5.32 Å². The number of hydrogen-bond donors (Lipinski definition) is 1. The van der Waals surface area contributed by atoms with Gasteiger partial charge in [0, 0.05) is 18.5 Å². The van der Waals surface area contributed by atoms with E-state index in [0.29, 0.717) is 0 Å². The van der Waals surface area contributed by atoms with Crippen LogP contribution in [0.3, 0.4) is 0 Å². The van der Waals surface area contributed by atoms with Gasteiger partial charge in [0.2, 0.25) is 5.91 Å². The number of carbonyl (C=O) groups is 1. The first-order valence-corrected chi connectivity index (χ1v) is 5.49. The molecular formula is C11H21N2O2. The first-order valence-electron chi connectivity index (χ1n) is 5.49. The predicted molar refractivity (Wildman–Crippen MR) is 57.5 cm³/mol. The van der Waals surface area contributed by atoms with Crippen molar-refractivity contribution in [1.82, 2.24) is 10.4 Å². The summed E-state index contributed by atoms with van der Waals surface area (Å²) in [5.74, 6) is 0.192. The summed E-state index contributed by atoms with van der Waals surface area (Å²) in [5, 5.41) is 16.1. The monoisotopic (exact) mass is 213 g/mol. The van der Waals surface area contributed by atoms with Gasteiger partial charge in [0.25, 0.3) is 0 Å². The molecule has 0 bridgehead atoms. The Morgan fingerprint density at radius 2 is 2.00 bits per heavy atom. The molecule has 1 rings (SSSR count). The first kappa shape index (κ1) is 12.5. The molecule has 0 spiro atoms. The lowest BCUT2D eigenvalue weighted by molar-refractivity contribution is -0.228. The minimum absolute atomic E-state index is 0.0185. The van der Waals surface area contributed by atoms with E-state index in [1.165, 1.54) is 6.92 Å². The number of nitrogens with one attached hydrogen (secondary N) is 1. The Hall–Kier alpha value is -0.610. The van der Waals surface area contributed by atoms with E-state index >= 15 is 0 Å². The predicted octanol–water partition coefficient (Wildman–Crippen LogP) is 1.35. The lowest BCUT2D eigenvalue weighted by Crippen LogP contribution is -2.47. The van der Waals surface area contributed by atoms with Crippen LogP contribution in [0.5, 0.6) is 0 Å². The highest BCUT2D eigenvalue weighted by Crippen LogP contribution is 2.35. The molecule has 2 unspecified atom stereocenters. The third-order valence-electron chi connectivity index (χ3n) is 3.07. The molecule has 0 saturated carbocycles. The normalized spacial score (nSPS) is 30.9. The SMILES string of the molecule is CC(=O)NC1CC(C)(C)N([O])C1C(C)C. The molecule has 1 N–H and O–H groups in total. The van der Waals surface area contributed by atoms with Crippen LogP contribution in [0.25, 0.3) is 0 Å². The summed E-state index contributed by atoms with van der Waals surface area (Å²) in [5.41, 5.74) is -0.373. The maximum atomic E-state index is 12.0. The molecule has 0 aliphatic carbocycles. The molecule has 1 fully saturated rings. The van der Waals surface area contributed by atoms with Crippen molar-refractivity contribution < 1.29 is 10.0 Å². The number of hydrogen-bond acceptors (Lipinski definition) is 2. The molecule has 1 saturated heterocycles. The van der Waals surface area contributed by atoms with Crippen LogP contribution in [-0.4, -0.2) is 28.6 Å². The van der Waals surface area contributed by atoms with E-state index in [9.17, 15) is 10.0 Å². The summed E-state index contributed by atoms with van der Waals surface area (Å²) >= 11 is 0. The largest absolute Gasteiger partial charge is 0.352 e. The van der Waals surface area contributed by atoms with Crippen molar-refractivity contribution in [3.63, 3.8) is 0 Å². The zero-order chi connectivity index (χ0) is 11.8. The van der Waals surface area contributed by atoms with Gasteiger partial charge in [0.15, 0.2) is 0 Å². The number of rotatable bonds is 2. The van der Waals surface area contributed by atoms with Gasteiger partial charge in [-0.15, -0.1) is 10.3 Å². The topological polar surface area (TPSA) is 52.2 Å². The van der Waals surface area contributed by atoms with Crippen molar-refractivity contribution in [3.8, 4) is 0 Å². The van der Waals surface area contributed by atoms with Gasteiger partial charge in [-0.1, -0.05) is 13.8 Å². The zero-order valence-corrected chi connectivity index (χ0v) is 10.2. The summed E-state index contributed by atoms with van der Waals surface area (Å²) in [4.78, 5) is 11.1. The lowest BCUT2D eigenvalue weighted by atomic mass is 9.95. The first-order chi connectivity index (χ1) is 6.75. The molecule has 2 atom stereocenters. The molecule has 4 nitrogen and oxygen atoms in total. The fourth-order valence-electron chi connectivity index (χ4n) is 2.45. The molecule has 1 aliphatic heterocycles. The highest BCUT2D eigenvalue weighted by molar-refractivity contribution is 5.73. The Bertz CT molecular complexity index is 251. The Morgan fingerprint density at radius 3 is 2.40 bits per heavy atom. The van der Waals surface area contributed by atoms with Crippen molar-refractivity contribution >= 4 is 5.91 Å². The standard InChI is InChI=1S/C11H21N2O2/c1-7(2)10-9(12-8(3)14)6-11(4,5)13(10)15/h7,9-10H,6H2,1-5H3,(H,12,14). The fourth-order valence-corrected chi connectivity index (χ4v) is 2.45. The Balaban J connectivity index is 2.83. The van der Waals surface area contributed by atoms with Crippen LogP contribution < -0.4 is 5.32 Å². The lowest BCUT2D eigenvalue weighted by Gasteiger charge is -2.29. The molecule has 1 amide bonds. The fraction of sp³-hybridized carbons (Fsp3) is 0.909. The maximum absolute atomic E-state index is 12.0. The van der Waals surface area contributed by atoms with Crippen LogP contribution in [0.4, 0.5) is 0 Å². The average molecular weight is 213 g/mol.